The van der Waals surface area contributed by atoms with E-state index in [9.17, 15) is 0 Å². The van der Waals surface area contributed by atoms with E-state index in [4.69, 9.17) is 5.73 Å². The van der Waals surface area contributed by atoms with Crippen LogP contribution in [0.5, 0.6) is 0 Å². The third-order valence-electron chi connectivity index (χ3n) is 3.59. The van der Waals surface area contributed by atoms with Crippen molar-refractivity contribution in [1.29, 1.82) is 0 Å². The Morgan fingerprint density at radius 3 is 2.35 bits per heavy atom. The predicted octanol–water partition coefficient (Wildman–Crippen LogP) is 3.36. The summed E-state index contributed by atoms with van der Waals surface area (Å²) in [5.41, 5.74) is 5.90. The first-order valence-corrected chi connectivity index (χ1v) is 8.47. The van der Waals surface area contributed by atoms with Gasteiger partial charge in [-0.1, -0.05) is 39.0 Å². The summed E-state index contributed by atoms with van der Waals surface area (Å²) in [5.74, 6) is 1.20. The van der Waals surface area contributed by atoms with Gasteiger partial charge in [-0.2, -0.15) is 11.8 Å². The molecule has 104 valence electrons. The lowest BCUT2D eigenvalue weighted by molar-refractivity contribution is 0.189. The zero-order valence-corrected chi connectivity index (χ0v) is 13.1. The Balaban J connectivity index is 3.80. The van der Waals surface area contributed by atoms with Gasteiger partial charge < -0.3 is 5.73 Å². The molecule has 2 N–H and O–H groups in total. The Kier molecular flexibility index (Phi) is 11.5. The minimum atomic E-state index is 0.568. The third kappa shape index (κ3) is 8.06. The van der Waals surface area contributed by atoms with Gasteiger partial charge in [0.1, 0.15) is 0 Å². The number of nitrogens with two attached hydrogens (primary N) is 1. The van der Waals surface area contributed by atoms with Gasteiger partial charge in [0.15, 0.2) is 0 Å². The van der Waals surface area contributed by atoms with Crippen LogP contribution in [0.4, 0.5) is 0 Å². The van der Waals surface area contributed by atoms with Crippen LogP contribution >= 0.6 is 11.8 Å². The van der Waals surface area contributed by atoms with E-state index in [-0.39, 0.29) is 0 Å². The molecule has 0 heterocycles. The summed E-state index contributed by atoms with van der Waals surface area (Å²) in [4.78, 5) is 2.47. The standard InChI is InChI=1S/C14H32N2S/c1-5-6-7-8-9-10-14(11-15)16(3)13(2)12-17-4/h13-14H,5-12,15H2,1-4H3. The van der Waals surface area contributed by atoms with Crippen molar-refractivity contribution in [2.24, 2.45) is 5.73 Å². The van der Waals surface area contributed by atoms with Gasteiger partial charge in [0.2, 0.25) is 0 Å². The lowest BCUT2D eigenvalue weighted by atomic mass is 10.0. The number of thioether (sulfide) groups is 1. The van der Waals surface area contributed by atoms with Gasteiger partial charge in [-0.15, -0.1) is 0 Å². The van der Waals surface area contributed by atoms with E-state index in [0.29, 0.717) is 12.1 Å². The lowest BCUT2D eigenvalue weighted by Gasteiger charge is -2.32. The van der Waals surface area contributed by atoms with E-state index in [1.165, 1.54) is 44.3 Å². The lowest BCUT2D eigenvalue weighted by Crippen LogP contribution is -2.44. The summed E-state index contributed by atoms with van der Waals surface area (Å²) in [5, 5.41) is 0. The minimum Gasteiger partial charge on any atom is -0.329 e. The molecule has 0 fully saturated rings. The molecule has 0 aromatic carbocycles. The SMILES string of the molecule is CCCCCCCC(CN)N(C)C(C)CSC. The molecule has 0 aliphatic heterocycles. The van der Waals surface area contributed by atoms with Crippen LogP contribution in [-0.2, 0) is 0 Å². The maximum Gasteiger partial charge on any atom is 0.0218 e. The smallest absolute Gasteiger partial charge is 0.0218 e. The van der Waals surface area contributed by atoms with Crippen LogP contribution in [0.1, 0.15) is 52.4 Å². The highest BCUT2D eigenvalue weighted by molar-refractivity contribution is 7.98. The van der Waals surface area contributed by atoms with Crippen LogP contribution in [0.3, 0.4) is 0 Å². The van der Waals surface area contributed by atoms with Gasteiger partial charge in [0.05, 0.1) is 0 Å². The molecule has 0 aromatic rings. The second kappa shape index (κ2) is 11.4. The Morgan fingerprint density at radius 1 is 1.18 bits per heavy atom. The Morgan fingerprint density at radius 2 is 1.82 bits per heavy atom. The van der Waals surface area contributed by atoms with Gasteiger partial charge in [0, 0.05) is 24.4 Å². The minimum absolute atomic E-state index is 0.568. The second-order valence-corrected chi connectivity index (χ2v) is 5.97. The molecule has 0 bridgehead atoms. The second-order valence-electron chi connectivity index (χ2n) is 5.06. The summed E-state index contributed by atoms with van der Waals surface area (Å²) < 4.78 is 0. The Hall–Kier alpha value is 0.270. The molecule has 0 radical (unpaired) electrons. The average molecular weight is 260 g/mol. The molecule has 0 saturated carbocycles. The van der Waals surface area contributed by atoms with Crippen molar-refractivity contribution in [1.82, 2.24) is 4.90 Å². The first-order chi connectivity index (χ1) is 8.17. The summed E-state index contributed by atoms with van der Waals surface area (Å²) in [6.07, 6.45) is 10.2. The third-order valence-corrected chi connectivity index (χ3v) is 4.41. The highest BCUT2D eigenvalue weighted by atomic mass is 32.2. The topological polar surface area (TPSA) is 29.3 Å². The molecular formula is C14H32N2S. The van der Waals surface area contributed by atoms with Crippen LogP contribution in [0, 0.1) is 0 Å². The summed E-state index contributed by atoms with van der Waals surface area (Å²) in [6, 6.07) is 1.20. The van der Waals surface area contributed by atoms with Gasteiger partial charge in [-0.05, 0) is 26.6 Å². The fourth-order valence-corrected chi connectivity index (χ4v) is 2.91. The number of nitrogens with zero attached hydrogens (tertiary/aromatic N) is 1. The summed E-state index contributed by atoms with van der Waals surface area (Å²) in [7, 11) is 2.23. The molecule has 0 spiro atoms. The first-order valence-electron chi connectivity index (χ1n) is 7.08. The van der Waals surface area contributed by atoms with Crippen molar-refractivity contribution < 1.29 is 0 Å². The quantitative estimate of drug-likeness (QED) is 0.578. The molecule has 3 heteroatoms. The van der Waals surface area contributed by atoms with Crippen molar-refractivity contribution in [3.63, 3.8) is 0 Å². The largest absolute Gasteiger partial charge is 0.329 e. The number of hydrogen-bond acceptors (Lipinski definition) is 3. The number of unbranched alkanes of at least 4 members (excludes halogenated alkanes) is 4. The summed E-state index contributed by atoms with van der Waals surface area (Å²) >= 11 is 1.92. The van der Waals surface area contributed by atoms with Gasteiger partial charge in [-0.25, -0.2) is 0 Å². The average Bonchev–Trinajstić information content (AvgIpc) is 2.33. The molecule has 0 amide bonds. The molecular weight excluding hydrogens is 228 g/mol. The first kappa shape index (κ1) is 17.3. The van der Waals surface area contributed by atoms with Crippen LogP contribution in [0.2, 0.25) is 0 Å². The molecule has 0 rings (SSSR count). The highest BCUT2D eigenvalue weighted by Crippen LogP contribution is 2.14. The van der Waals surface area contributed by atoms with Crippen molar-refractivity contribution in [2.45, 2.75) is 64.5 Å². The molecule has 0 saturated heterocycles. The van der Waals surface area contributed by atoms with Crippen LogP contribution < -0.4 is 5.73 Å². The highest BCUT2D eigenvalue weighted by Gasteiger charge is 2.17. The Labute approximate surface area is 113 Å². The Bertz CT molecular complexity index is 164. The van der Waals surface area contributed by atoms with Crippen molar-refractivity contribution in [2.75, 3.05) is 25.6 Å². The maximum absolute atomic E-state index is 5.90. The monoisotopic (exact) mass is 260 g/mol. The van der Waals surface area contributed by atoms with Crippen molar-refractivity contribution in [3.8, 4) is 0 Å². The number of rotatable bonds is 11. The fourth-order valence-electron chi connectivity index (χ4n) is 2.19. The van der Waals surface area contributed by atoms with Gasteiger partial charge >= 0.3 is 0 Å². The van der Waals surface area contributed by atoms with Crippen LogP contribution in [0.15, 0.2) is 0 Å². The predicted molar refractivity (Wildman–Crippen MR) is 81.8 cm³/mol. The van der Waals surface area contributed by atoms with Gasteiger partial charge in [0.25, 0.3) is 0 Å². The zero-order chi connectivity index (χ0) is 13.1. The van der Waals surface area contributed by atoms with Gasteiger partial charge in [-0.3, -0.25) is 4.90 Å². The maximum atomic E-state index is 5.90. The van der Waals surface area contributed by atoms with E-state index in [2.05, 4.69) is 32.1 Å². The molecule has 2 atom stereocenters. The van der Waals surface area contributed by atoms with Crippen LogP contribution in [-0.4, -0.2) is 42.6 Å². The summed E-state index contributed by atoms with van der Waals surface area (Å²) in [6.45, 7) is 5.36. The number of hydrogen-bond donors (Lipinski definition) is 1. The van der Waals surface area contributed by atoms with E-state index in [1.54, 1.807) is 0 Å². The molecule has 2 nitrogen and oxygen atoms in total. The zero-order valence-electron chi connectivity index (χ0n) is 12.2. The number of likely N-dealkylation sites (N-methyl/N-ethyl adjacent to an activating group) is 1. The molecule has 17 heavy (non-hydrogen) atoms. The van der Waals surface area contributed by atoms with Crippen LogP contribution in [0.25, 0.3) is 0 Å². The molecule has 2 unspecified atom stereocenters. The van der Waals surface area contributed by atoms with E-state index in [0.717, 1.165) is 6.54 Å². The normalized spacial score (nSPS) is 15.2. The van der Waals surface area contributed by atoms with Crippen molar-refractivity contribution in [3.05, 3.63) is 0 Å². The van der Waals surface area contributed by atoms with E-state index in [1.807, 2.05) is 11.8 Å². The fraction of sp³-hybridized carbons (Fsp3) is 1.00. The van der Waals surface area contributed by atoms with Crippen molar-refractivity contribution >= 4 is 11.8 Å². The molecule has 0 aliphatic carbocycles. The molecule has 0 aliphatic rings. The van der Waals surface area contributed by atoms with E-state index >= 15 is 0 Å². The molecule has 0 aromatic heterocycles. The van der Waals surface area contributed by atoms with E-state index < -0.39 is 0 Å².